The fourth-order valence-corrected chi connectivity index (χ4v) is 2.61. The van der Waals surface area contributed by atoms with Gasteiger partial charge in [-0.2, -0.15) is 17.0 Å². The number of hydrogen-bond acceptors (Lipinski definition) is 4. The summed E-state index contributed by atoms with van der Waals surface area (Å²) in [6.45, 7) is 0.789. The predicted molar refractivity (Wildman–Crippen MR) is 68.9 cm³/mol. The first kappa shape index (κ1) is 12.9. The highest BCUT2D eigenvalue weighted by atomic mass is 32.2. The molecule has 1 heterocycles. The Labute approximate surface area is 109 Å². The molecule has 2 rings (SSSR count). The van der Waals surface area contributed by atoms with Gasteiger partial charge in [0.1, 0.15) is 11.9 Å². The third-order valence-electron chi connectivity index (χ3n) is 2.60. The van der Waals surface area contributed by atoms with Gasteiger partial charge < -0.3 is 10.6 Å². The minimum atomic E-state index is -0.490. The van der Waals surface area contributed by atoms with E-state index < -0.39 is 5.82 Å². The van der Waals surface area contributed by atoms with Crippen LogP contribution >= 0.6 is 11.8 Å². The maximum absolute atomic E-state index is 12.9. The molecule has 1 atom stereocenters. The number of halogens is 1. The zero-order chi connectivity index (χ0) is 13.0. The quantitative estimate of drug-likeness (QED) is 0.847. The first-order valence-corrected chi connectivity index (χ1v) is 6.68. The van der Waals surface area contributed by atoms with Crippen molar-refractivity contribution in [1.82, 2.24) is 5.32 Å². The molecule has 1 aliphatic heterocycles. The highest BCUT2D eigenvalue weighted by molar-refractivity contribution is 7.99. The van der Waals surface area contributed by atoms with Crippen LogP contribution in [0.15, 0.2) is 18.2 Å². The van der Waals surface area contributed by atoms with Gasteiger partial charge in [0, 0.05) is 18.1 Å². The summed E-state index contributed by atoms with van der Waals surface area (Å²) in [6, 6.07) is 5.34. The Morgan fingerprint density at radius 2 is 2.44 bits per heavy atom. The Morgan fingerprint density at radius 3 is 3.11 bits per heavy atom. The number of nitrogens with one attached hydrogen (secondary N) is 2. The summed E-state index contributed by atoms with van der Waals surface area (Å²) >= 11 is 1.71. The summed E-state index contributed by atoms with van der Waals surface area (Å²) in [5.41, 5.74) is 0.480. The van der Waals surface area contributed by atoms with Gasteiger partial charge in [-0.3, -0.25) is 4.79 Å². The largest absolute Gasteiger partial charge is 0.324 e. The number of anilines is 1. The van der Waals surface area contributed by atoms with Gasteiger partial charge in [-0.25, -0.2) is 4.39 Å². The molecule has 1 saturated heterocycles. The molecule has 0 saturated carbocycles. The van der Waals surface area contributed by atoms with Crippen LogP contribution in [0.3, 0.4) is 0 Å². The summed E-state index contributed by atoms with van der Waals surface area (Å²) in [4.78, 5) is 11.9. The van der Waals surface area contributed by atoms with Crippen LogP contribution in [0.25, 0.3) is 0 Å². The van der Waals surface area contributed by atoms with Crippen LogP contribution in [0.1, 0.15) is 5.56 Å². The van der Waals surface area contributed by atoms with E-state index >= 15 is 0 Å². The third kappa shape index (κ3) is 3.00. The van der Waals surface area contributed by atoms with Crippen molar-refractivity contribution in [3.8, 4) is 6.07 Å². The summed E-state index contributed by atoms with van der Waals surface area (Å²) in [7, 11) is 0. The van der Waals surface area contributed by atoms with Gasteiger partial charge in [0.15, 0.2) is 0 Å². The van der Waals surface area contributed by atoms with Crippen molar-refractivity contribution >= 4 is 23.4 Å². The Morgan fingerprint density at radius 1 is 1.61 bits per heavy atom. The van der Waals surface area contributed by atoms with Crippen molar-refractivity contribution in [2.45, 2.75) is 6.04 Å². The number of nitrogens with zero attached hydrogens (tertiary/aromatic N) is 1. The average molecular weight is 265 g/mol. The van der Waals surface area contributed by atoms with E-state index in [9.17, 15) is 9.18 Å². The van der Waals surface area contributed by atoms with E-state index in [2.05, 4.69) is 10.6 Å². The van der Waals surface area contributed by atoms with Crippen molar-refractivity contribution in [3.05, 3.63) is 29.6 Å². The molecule has 94 valence electrons. The highest BCUT2D eigenvalue weighted by Crippen LogP contribution is 2.17. The van der Waals surface area contributed by atoms with Gasteiger partial charge in [0.25, 0.3) is 0 Å². The van der Waals surface area contributed by atoms with Gasteiger partial charge in [-0.1, -0.05) is 0 Å². The van der Waals surface area contributed by atoms with E-state index in [1.165, 1.54) is 12.1 Å². The minimum absolute atomic E-state index is 0.131. The molecule has 0 aromatic heterocycles. The molecule has 0 aliphatic carbocycles. The number of rotatable bonds is 2. The molecule has 2 N–H and O–H groups in total. The molecule has 1 aliphatic rings. The van der Waals surface area contributed by atoms with Crippen LogP contribution in [-0.2, 0) is 4.79 Å². The second kappa shape index (κ2) is 5.85. The molecular weight excluding hydrogens is 253 g/mol. The van der Waals surface area contributed by atoms with Gasteiger partial charge in [0.2, 0.25) is 5.91 Å². The molecule has 1 unspecified atom stereocenters. The minimum Gasteiger partial charge on any atom is -0.324 e. The lowest BCUT2D eigenvalue weighted by Crippen LogP contribution is -2.46. The van der Waals surface area contributed by atoms with E-state index in [0.717, 1.165) is 18.4 Å². The molecule has 1 aromatic rings. The molecular formula is C12H12FN3OS. The number of thioether (sulfide) groups is 1. The molecule has 0 spiro atoms. The number of benzene rings is 1. The Hall–Kier alpha value is -1.58. The Kier molecular flexibility index (Phi) is 4.18. The van der Waals surface area contributed by atoms with Crippen molar-refractivity contribution in [3.63, 3.8) is 0 Å². The topological polar surface area (TPSA) is 64.9 Å². The number of carbonyl (C=O) groups excluding carboxylic acids is 1. The summed E-state index contributed by atoms with van der Waals surface area (Å²) in [5.74, 6) is 1.01. The lowest BCUT2D eigenvalue weighted by Gasteiger charge is -2.22. The van der Waals surface area contributed by atoms with Gasteiger partial charge in [-0.05, 0) is 18.2 Å². The molecule has 0 radical (unpaired) electrons. The van der Waals surface area contributed by atoms with Gasteiger partial charge >= 0.3 is 0 Å². The van der Waals surface area contributed by atoms with Crippen LogP contribution in [0.4, 0.5) is 10.1 Å². The standard InChI is InChI=1S/C12H12FN3OS/c13-9-1-2-10(8(5-9)6-14)16-12(17)11-7-18-4-3-15-11/h1-2,5,11,15H,3-4,7H2,(H,16,17). The van der Waals surface area contributed by atoms with Crippen LogP contribution in [-0.4, -0.2) is 30.0 Å². The van der Waals surface area contributed by atoms with Crippen LogP contribution in [0.5, 0.6) is 0 Å². The van der Waals surface area contributed by atoms with E-state index in [0.29, 0.717) is 11.4 Å². The fourth-order valence-electron chi connectivity index (χ4n) is 1.67. The lowest BCUT2D eigenvalue weighted by molar-refractivity contribution is -0.117. The van der Waals surface area contributed by atoms with Gasteiger partial charge in [-0.15, -0.1) is 0 Å². The van der Waals surface area contributed by atoms with E-state index in [1.54, 1.807) is 11.8 Å². The molecule has 4 nitrogen and oxygen atoms in total. The second-order valence-corrected chi connectivity index (χ2v) is 5.02. The molecule has 6 heteroatoms. The normalized spacial score (nSPS) is 19.0. The number of amides is 1. The second-order valence-electron chi connectivity index (χ2n) is 3.87. The molecule has 0 bridgehead atoms. The zero-order valence-corrected chi connectivity index (χ0v) is 10.4. The SMILES string of the molecule is N#Cc1cc(F)ccc1NC(=O)C1CSCCN1. The monoisotopic (exact) mass is 265 g/mol. The first-order chi connectivity index (χ1) is 8.70. The van der Waals surface area contributed by atoms with Crippen molar-refractivity contribution in [2.24, 2.45) is 0 Å². The van der Waals surface area contributed by atoms with Crippen LogP contribution in [0, 0.1) is 17.1 Å². The van der Waals surface area contributed by atoms with Crippen molar-refractivity contribution in [1.29, 1.82) is 5.26 Å². The maximum Gasteiger partial charge on any atom is 0.242 e. The van der Waals surface area contributed by atoms with Crippen LogP contribution in [0.2, 0.25) is 0 Å². The fraction of sp³-hybridized carbons (Fsp3) is 0.333. The molecule has 1 amide bonds. The molecule has 1 aromatic carbocycles. The number of hydrogen-bond donors (Lipinski definition) is 2. The Bertz CT molecular complexity index is 495. The molecule has 18 heavy (non-hydrogen) atoms. The number of nitriles is 1. The summed E-state index contributed by atoms with van der Waals surface area (Å²) in [6.07, 6.45) is 0. The van der Waals surface area contributed by atoms with Crippen molar-refractivity contribution in [2.75, 3.05) is 23.4 Å². The Balaban J connectivity index is 2.09. The zero-order valence-electron chi connectivity index (χ0n) is 9.57. The molecule has 1 fully saturated rings. The highest BCUT2D eigenvalue weighted by Gasteiger charge is 2.21. The predicted octanol–water partition coefficient (Wildman–Crippen LogP) is 1.34. The number of carbonyl (C=O) groups is 1. The average Bonchev–Trinajstić information content (AvgIpc) is 2.41. The van der Waals surface area contributed by atoms with Crippen LogP contribution < -0.4 is 10.6 Å². The summed E-state index contributed by atoms with van der Waals surface area (Å²) < 4.78 is 12.9. The maximum atomic E-state index is 12.9. The van der Waals surface area contributed by atoms with E-state index in [4.69, 9.17) is 5.26 Å². The summed E-state index contributed by atoms with van der Waals surface area (Å²) in [5, 5.41) is 14.6. The van der Waals surface area contributed by atoms with Gasteiger partial charge in [0.05, 0.1) is 17.3 Å². The lowest BCUT2D eigenvalue weighted by atomic mass is 10.2. The first-order valence-electron chi connectivity index (χ1n) is 5.52. The third-order valence-corrected chi connectivity index (χ3v) is 3.66. The van der Waals surface area contributed by atoms with Crippen molar-refractivity contribution < 1.29 is 9.18 Å². The smallest absolute Gasteiger partial charge is 0.242 e. The van der Waals surface area contributed by atoms with E-state index in [1.807, 2.05) is 6.07 Å². The van der Waals surface area contributed by atoms with E-state index in [-0.39, 0.29) is 17.5 Å².